The molecular formula is C7H14N2O2. The highest BCUT2D eigenvalue weighted by Gasteiger charge is 2.28. The van der Waals surface area contributed by atoms with Crippen molar-refractivity contribution in [2.45, 2.75) is 18.6 Å². The van der Waals surface area contributed by atoms with E-state index in [1.54, 1.807) is 14.1 Å². The number of carbonyl (C=O) groups is 1. The number of amides is 1. The van der Waals surface area contributed by atoms with Gasteiger partial charge in [-0.1, -0.05) is 0 Å². The van der Waals surface area contributed by atoms with Crippen LogP contribution >= 0.6 is 0 Å². The highest BCUT2D eigenvalue weighted by molar-refractivity contribution is 5.81. The molecule has 2 N–H and O–H groups in total. The molecule has 1 amide bonds. The molecule has 0 unspecified atom stereocenters. The third kappa shape index (κ3) is 1.91. The molecule has 64 valence electrons. The lowest BCUT2D eigenvalue weighted by Gasteiger charge is -2.15. The largest absolute Gasteiger partial charge is 0.392 e. The fraction of sp³-hybridized carbons (Fsp3) is 0.857. The van der Waals surface area contributed by atoms with Crippen molar-refractivity contribution in [3.05, 3.63) is 0 Å². The quantitative estimate of drug-likeness (QED) is 0.504. The van der Waals surface area contributed by atoms with Gasteiger partial charge in [0.1, 0.15) is 0 Å². The predicted octanol–water partition coefficient (Wildman–Crippen LogP) is -1.20. The van der Waals surface area contributed by atoms with E-state index in [0.717, 1.165) is 0 Å². The van der Waals surface area contributed by atoms with Gasteiger partial charge in [0.25, 0.3) is 0 Å². The lowest BCUT2D eigenvalue weighted by Crippen LogP contribution is -2.39. The number of rotatable bonds is 1. The van der Waals surface area contributed by atoms with Crippen molar-refractivity contribution in [2.75, 3.05) is 20.6 Å². The second kappa shape index (κ2) is 3.19. The van der Waals surface area contributed by atoms with E-state index in [2.05, 4.69) is 5.32 Å². The van der Waals surface area contributed by atoms with E-state index < -0.39 is 0 Å². The zero-order valence-electron chi connectivity index (χ0n) is 6.87. The molecule has 2 atom stereocenters. The monoisotopic (exact) mass is 158 g/mol. The molecule has 1 fully saturated rings. The second-order valence-corrected chi connectivity index (χ2v) is 3.08. The fourth-order valence-electron chi connectivity index (χ4n) is 1.22. The molecule has 0 spiro atoms. The van der Waals surface area contributed by atoms with Crippen LogP contribution in [-0.4, -0.2) is 48.7 Å². The first-order valence-electron chi connectivity index (χ1n) is 3.74. The molecule has 0 saturated carbocycles. The zero-order chi connectivity index (χ0) is 8.43. The van der Waals surface area contributed by atoms with E-state index in [1.165, 1.54) is 4.90 Å². The Labute approximate surface area is 66.2 Å². The Bertz CT molecular complexity index is 159. The van der Waals surface area contributed by atoms with E-state index in [9.17, 15) is 4.79 Å². The van der Waals surface area contributed by atoms with E-state index in [1.807, 2.05) is 0 Å². The summed E-state index contributed by atoms with van der Waals surface area (Å²) < 4.78 is 0. The number of hydrogen-bond acceptors (Lipinski definition) is 3. The third-order valence-electron chi connectivity index (χ3n) is 1.85. The number of aliphatic hydroxyl groups is 1. The number of likely N-dealkylation sites (N-methyl/N-ethyl adjacent to an activating group) is 1. The number of nitrogens with zero attached hydrogens (tertiary/aromatic N) is 1. The average Bonchev–Trinajstić information content (AvgIpc) is 2.34. The van der Waals surface area contributed by atoms with Gasteiger partial charge in [-0.05, 0) is 6.42 Å². The summed E-state index contributed by atoms with van der Waals surface area (Å²) in [5.41, 5.74) is 0. The normalized spacial score (nSPS) is 30.5. The first-order valence-corrected chi connectivity index (χ1v) is 3.74. The molecule has 1 heterocycles. The van der Waals surface area contributed by atoms with Crippen molar-refractivity contribution < 1.29 is 9.90 Å². The van der Waals surface area contributed by atoms with Gasteiger partial charge in [0.15, 0.2) is 0 Å². The van der Waals surface area contributed by atoms with Crippen LogP contribution in [0.25, 0.3) is 0 Å². The van der Waals surface area contributed by atoms with Crippen molar-refractivity contribution in [2.24, 2.45) is 0 Å². The summed E-state index contributed by atoms with van der Waals surface area (Å²) >= 11 is 0. The molecule has 0 aliphatic carbocycles. The molecule has 0 aromatic rings. The molecule has 1 rings (SSSR count). The van der Waals surface area contributed by atoms with E-state index in [0.29, 0.717) is 13.0 Å². The number of carbonyl (C=O) groups excluding carboxylic acids is 1. The Morgan fingerprint density at radius 1 is 1.64 bits per heavy atom. The van der Waals surface area contributed by atoms with Crippen molar-refractivity contribution in [3.63, 3.8) is 0 Å². The molecule has 4 heteroatoms. The summed E-state index contributed by atoms with van der Waals surface area (Å²) in [5.74, 6) is 0.0431. The van der Waals surface area contributed by atoms with E-state index in [4.69, 9.17) is 5.11 Å². The third-order valence-corrected chi connectivity index (χ3v) is 1.85. The standard InChI is InChI=1S/C7H14N2O2/c1-9(2)7(11)6-3-5(10)4-8-6/h5-6,8,10H,3-4H2,1-2H3/t5-,6+/m0/s1. The molecule has 1 aliphatic heterocycles. The molecular weight excluding hydrogens is 144 g/mol. The minimum absolute atomic E-state index is 0.0431. The lowest BCUT2D eigenvalue weighted by molar-refractivity contribution is -0.130. The van der Waals surface area contributed by atoms with Gasteiger partial charge < -0.3 is 15.3 Å². The smallest absolute Gasteiger partial charge is 0.239 e. The number of nitrogens with one attached hydrogen (secondary N) is 1. The van der Waals surface area contributed by atoms with Crippen molar-refractivity contribution in [1.82, 2.24) is 10.2 Å². The maximum atomic E-state index is 11.2. The van der Waals surface area contributed by atoms with Gasteiger partial charge in [0.2, 0.25) is 5.91 Å². The Morgan fingerprint density at radius 3 is 2.64 bits per heavy atom. The van der Waals surface area contributed by atoms with Gasteiger partial charge in [-0.25, -0.2) is 0 Å². The van der Waals surface area contributed by atoms with Crippen LogP contribution in [0.3, 0.4) is 0 Å². The van der Waals surface area contributed by atoms with Gasteiger partial charge in [-0.15, -0.1) is 0 Å². The van der Waals surface area contributed by atoms with Crippen molar-refractivity contribution in [3.8, 4) is 0 Å². The number of β-amino-alcohol motifs (C(OH)–C–C–N with tert-alkyl or cyclic N) is 1. The molecule has 1 aliphatic rings. The summed E-state index contributed by atoms with van der Waals surface area (Å²) in [4.78, 5) is 12.8. The molecule has 4 nitrogen and oxygen atoms in total. The minimum Gasteiger partial charge on any atom is -0.392 e. The maximum absolute atomic E-state index is 11.2. The molecule has 0 aromatic carbocycles. The first-order chi connectivity index (χ1) is 5.11. The maximum Gasteiger partial charge on any atom is 0.239 e. The van der Waals surface area contributed by atoms with Crippen LogP contribution < -0.4 is 5.32 Å². The lowest BCUT2D eigenvalue weighted by atomic mass is 10.2. The highest BCUT2D eigenvalue weighted by Crippen LogP contribution is 2.07. The van der Waals surface area contributed by atoms with Crippen LogP contribution in [-0.2, 0) is 4.79 Å². The highest BCUT2D eigenvalue weighted by atomic mass is 16.3. The van der Waals surface area contributed by atoms with Crippen molar-refractivity contribution in [1.29, 1.82) is 0 Å². The van der Waals surface area contributed by atoms with Crippen LogP contribution in [0.15, 0.2) is 0 Å². The Morgan fingerprint density at radius 2 is 2.27 bits per heavy atom. The summed E-state index contributed by atoms with van der Waals surface area (Å²) in [5, 5.41) is 12.0. The Balaban J connectivity index is 2.43. The van der Waals surface area contributed by atoms with Crippen LogP contribution in [0, 0.1) is 0 Å². The first kappa shape index (κ1) is 8.49. The van der Waals surface area contributed by atoms with E-state index >= 15 is 0 Å². The van der Waals surface area contributed by atoms with Crippen LogP contribution in [0.4, 0.5) is 0 Å². The second-order valence-electron chi connectivity index (χ2n) is 3.08. The van der Waals surface area contributed by atoms with Gasteiger partial charge in [-0.2, -0.15) is 0 Å². The van der Waals surface area contributed by atoms with Crippen LogP contribution in [0.1, 0.15) is 6.42 Å². The Kier molecular flexibility index (Phi) is 2.46. The summed E-state index contributed by atoms with van der Waals surface area (Å²) in [6, 6.07) is -0.181. The molecule has 0 aromatic heterocycles. The molecule has 0 bridgehead atoms. The van der Waals surface area contributed by atoms with Gasteiger partial charge in [-0.3, -0.25) is 4.79 Å². The fourth-order valence-corrected chi connectivity index (χ4v) is 1.22. The topological polar surface area (TPSA) is 52.6 Å². The summed E-state index contributed by atoms with van der Waals surface area (Å²) in [6.45, 7) is 0.532. The van der Waals surface area contributed by atoms with Crippen LogP contribution in [0.5, 0.6) is 0 Å². The van der Waals surface area contributed by atoms with Gasteiger partial charge >= 0.3 is 0 Å². The predicted molar refractivity (Wildman–Crippen MR) is 41.1 cm³/mol. The van der Waals surface area contributed by atoms with Crippen molar-refractivity contribution >= 4 is 5.91 Å². The number of aliphatic hydroxyl groups excluding tert-OH is 1. The van der Waals surface area contributed by atoms with E-state index in [-0.39, 0.29) is 18.1 Å². The minimum atomic E-state index is -0.358. The van der Waals surface area contributed by atoms with Gasteiger partial charge in [0.05, 0.1) is 12.1 Å². The SMILES string of the molecule is CN(C)C(=O)[C@H]1C[C@H](O)CN1. The van der Waals surface area contributed by atoms with Gasteiger partial charge in [0, 0.05) is 20.6 Å². The molecule has 1 saturated heterocycles. The van der Waals surface area contributed by atoms with Crippen LogP contribution in [0.2, 0.25) is 0 Å². The average molecular weight is 158 g/mol. The Hall–Kier alpha value is -0.610. The molecule has 0 radical (unpaired) electrons. The zero-order valence-corrected chi connectivity index (χ0v) is 6.87. The summed E-state index contributed by atoms with van der Waals surface area (Å²) in [7, 11) is 3.43. The summed E-state index contributed by atoms with van der Waals surface area (Å²) in [6.07, 6.45) is 0.181. The number of hydrogen-bond donors (Lipinski definition) is 2. The molecule has 11 heavy (non-hydrogen) atoms.